The molecule has 0 unspecified atom stereocenters. The maximum absolute atomic E-state index is 11.7. The summed E-state index contributed by atoms with van der Waals surface area (Å²) in [6.45, 7) is 0. The number of fused-ring (bicyclic) bond motifs is 1. The predicted octanol–water partition coefficient (Wildman–Crippen LogP) is 1.85. The number of anilines is 2. The van der Waals surface area contributed by atoms with Gasteiger partial charge in [0.25, 0.3) is 5.91 Å². The molecule has 0 saturated carbocycles. The van der Waals surface area contributed by atoms with Gasteiger partial charge in [0.2, 0.25) is 0 Å². The molecule has 0 bridgehead atoms. The molecule has 3 N–H and O–H groups in total. The van der Waals surface area contributed by atoms with Crippen molar-refractivity contribution in [2.24, 2.45) is 0 Å². The number of rotatable bonds is 3. The van der Waals surface area contributed by atoms with Gasteiger partial charge in [-0.3, -0.25) is 15.1 Å². The van der Waals surface area contributed by atoms with E-state index in [1.54, 1.807) is 30.6 Å². The lowest BCUT2D eigenvalue weighted by Gasteiger charge is -2.03. The molecule has 1 saturated heterocycles. The van der Waals surface area contributed by atoms with Crippen LogP contribution in [0, 0.1) is 0 Å². The van der Waals surface area contributed by atoms with Crippen LogP contribution in [0.5, 0.6) is 0 Å². The monoisotopic (exact) mass is 309 g/mol. The summed E-state index contributed by atoms with van der Waals surface area (Å²) in [7, 11) is 0. The number of hydrogen-bond acceptors (Lipinski definition) is 6. The van der Waals surface area contributed by atoms with E-state index in [1.807, 2.05) is 12.1 Å². The van der Waals surface area contributed by atoms with Crippen molar-refractivity contribution < 1.29 is 14.0 Å². The first-order valence-electron chi connectivity index (χ1n) is 6.88. The third-order valence-corrected chi connectivity index (χ3v) is 3.39. The summed E-state index contributed by atoms with van der Waals surface area (Å²) in [5.74, 6) is 0.523. The molecule has 0 radical (unpaired) electrons. The Morgan fingerprint density at radius 1 is 1.22 bits per heavy atom. The number of nitrogens with one attached hydrogen (secondary N) is 3. The summed E-state index contributed by atoms with van der Waals surface area (Å²) in [6, 6.07) is 7.48. The molecule has 3 amide bonds. The number of imide groups is 1. The van der Waals surface area contributed by atoms with Gasteiger partial charge in [0.1, 0.15) is 17.1 Å². The van der Waals surface area contributed by atoms with Crippen LogP contribution in [-0.2, 0) is 4.79 Å². The van der Waals surface area contributed by atoms with E-state index in [0.717, 1.165) is 5.69 Å². The van der Waals surface area contributed by atoms with Crippen molar-refractivity contribution in [3.8, 4) is 0 Å². The quantitative estimate of drug-likeness (QED) is 0.637. The summed E-state index contributed by atoms with van der Waals surface area (Å²) in [6.07, 6.45) is 3.37. The van der Waals surface area contributed by atoms with Gasteiger partial charge in [-0.15, -0.1) is 0 Å². The first-order chi connectivity index (χ1) is 11.2. The Kier molecular flexibility index (Phi) is 2.94. The summed E-state index contributed by atoms with van der Waals surface area (Å²) >= 11 is 0. The number of hydrogen-bond donors (Lipinski definition) is 3. The molecule has 8 heteroatoms. The third-order valence-electron chi connectivity index (χ3n) is 3.39. The molecule has 0 spiro atoms. The standard InChI is InChI=1S/C15H11N5O3/c21-14-13(19-15(22)20-14)11-6-9-10(23-11)3-4-12(18-9)17-8-2-1-5-16-7-8/h1-7,13H,(H,17,18)(H2,19,20,21,22)/t13-/m1/s1. The molecule has 23 heavy (non-hydrogen) atoms. The Morgan fingerprint density at radius 2 is 2.13 bits per heavy atom. The van der Waals surface area contributed by atoms with Crippen molar-refractivity contribution in [1.29, 1.82) is 0 Å². The smallest absolute Gasteiger partial charge is 0.322 e. The van der Waals surface area contributed by atoms with E-state index in [9.17, 15) is 9.59 Å². The average molecular weight is 309 g/mol. The average Bonchev–Trinajstić information content (AvgIpc) is 3.10. The highest BCUT2D eigenvalue weighted by molar-refractivity contribution is 6.04. The van der Waals surface area contributed by atoms with Crippen molar-refractivity contribution >= 4 is 34.5 Å². The summed E-state index contributed by atoms with van der Waals surface area (Å²) in [4.78, 5) is 31.3. The van der Waals surface area contributed by atoms with Crippen LogP contribution in [0.2, 0.25) is 0 Å². The lowest BCUT2D eigenvalue weighted by molar-refractivity contribution is -0.120. The van der Waals surface area contributed by atoms with Crippen LogP contribution in [0.3, 0.4) is 0 Å². The van der Waals surface area contributed by atoms with Crippen LogP contribution in [0.1, 0.15) is 11.8 Å². The van der Waals surface area contributed by atoms with E-state index in [1.165, 1.54) is 0 Å². The Balaban J connectivity index is 1.64. The maximum Gasteiger partial charge on any atom is 0.322 e. The fourth-order valence-electron chi connectivity index (χ4n) is 2.36. The Bertz CT molecular complexity index is 906. The highest BCUT2D eigenvalue weighted by atomic mass is 16.3. The molecule has 1 atom stereocenters. The van der Waals surface area contributed by atoms with E-state index in [4.69, 9.17) is 4.42 Å². The van der Waals surface area contributed by atoms with Crippen molar-refractivity contribution in [3.05, 3.63) is 48.5 Å². The fourth-order valence-corrected chi connectivity index (χ4v) is 2.36. The first kappa shape index (κ1) is 13.3. The molecule has 0 aliphatic carbocycles. The molecular weight excluding hydrogens is 298 g/mol. The van der Waals surface area contributed by atoms with Gasteiger partial charge in [0.05, 0.1) is 11.9 Å². The summed E-state index contributed by atoms with van der Waals surface area (Å²) < 4.78 is 5.60. The van der Waals surface area contributed by atoms with Crippen molar-refractivity contribution in [3.63, 3.8) is 0 Å². The van der Waals surface area contributed by atoms with Crippen molar-refractivity contribution in [2.75, 3.05) is 5.32 Å². The Hall–Kier alpha value is -3.42. The normalized spacial score (nSPS) is 17.1. The largest absolute Gasteiger partial charge is 0.457 e. The van der Waals surface area contributed by atoms with Gasteiger partial charge in [0.15, 0.2) is 11.6 Å². The number of carbonyl (C=O) groups is 2. The molecule has 4 rings (SSSR count). The number of nitrogens with zero attached hydrogens (tertiary/aromatic N) is 2. The molecule has 3 aromatic heterocycles. The zero-order valence-electron chi connectivity index (χ0n) is 11.7. The fraction of sp³-hybridized carbons (Fsp3) is 0.0667. The predicted molar refractivity (Wildman–Crippen MR) is 80.9 cm³/mol. The van der Waals surface area contributed by atoms with Crippen molar-refractivity contribution in [2.45, 2.75) is 6.04 Å². The zero-order chi connectivity index (χ0) is 15.8. The van der Waals surface area contributed by atoms with Crippen molar-refractivity contribution in [1.82, 2.24) is 20.6 Å². The van der Waals surface area contributed by atoms with Crippen LogP contribution in [0.4, 0.5) is 16.3 Å². The van der Waals surface area contributed by atoms with Crippen LogP contribution < -0.4 is 16.0 Å². The summed E-state index contributed by atoms with van der Waals surface area (Å²) in [5.41, 5.74) is 1.93. The maximum atomic E-state index is 11.7. The van der Waals surface area contributed by atoms with E-state index in [0.29, 0.717) is 22.7 Å². The van der Waals surface area contributed by atoms with Crippen LogP contribution in [0.15, 0.2) is 47.1 Å². The second kappa shape index (κ2) is 5.09. The van der Waals surface area contributed by atoms with E-state index in [-0.39, 0.29) is 0 Å². The minimum atomic E-state index is -0.827. The first-order valence-corrected chi connectivity index (χ1v) is 6.88. The lowest BCUT2D eigenvalue weighted by atomic mass is 10.2. The van der Waals surface area contributed by atoms with E-state index < -0.39 is 18.0 Å². The molecule has 1 aliphatic rings. The van der Waals surface area contributed by atoms with Crippen LogP contribution in [0.25, 0.3) is 11.1 Å². The highest BCUT2D eigenvalue weighted by Crippen LogP contribution is 2.26. The number of pyridine rings is 2. The minimum absolute atomic E-state index is 0.342. The van der Waals surface area contributed by atoms with Gasteiger partial charge >= 0.3 is 6.03 Å². The van der Waals surface area contributed by atoms with Gasteiger partial charge in [-0.25, -0.2) is 9.78 Å². The van der Waals surface area contributed by atoms with Gasteiger partial charge in [0, 0.05) is 12.3 Å². The number of carbonyl (C=O) groups excluding carboxylic acids is 2. The topological polar surface area (TPSA) is 109 Å². The van der Waals surface area contributed by atoms with Gasteiger partial charge in [-0.2, -0.15) is 0 Å². The van der Waals surface area contributed by atoms with E-state index >= 15 is 0 Å². The second-order valence-corrected chi connectivity index (χ2v) is 4.99. The molecule has 3 aromatic rings. The van der Waals surface area contributed by atoms with Gasteiger partial charge in [-0.1, -0.05) is 0 Å². The van der Waals surface area contributed by atoms with Gasteiger partial charge < -0.3 is 15.1 Å². The molecule has 8 nitrogen and oxygen atoms in total. The molecular formula is C15H11N5O3. The SMILES string of the molecule is O=C1NC(=O)[C@@H](c2cc3nc(Nc4cccnc4)ccc3o2)N1. The van der Waals surface area contributed by atoms with Gasteiger partial charge in [-0.05, 0) is 24.3 Å². The van der Waals surface area contributed by atoms with E-state index in [2.05, 4.69) is 25.9 Å². The summed E-state index contributed by atoms with van der Waals surface area (Å²) in [5, 5.41) is 7.78. The molecule has 1 aliphatic heterocycles. The zero-order valence-corrected chi connectivity index (χ0v) is 11.7. The minimum Gasteiger partial charge on any atom is -0.457 e. The Morgan fingerprint density at radius 3 is 2.87 bits per heavy atom. The highest BCUT2D eigenvalue weighted by Gasteiger charge is 2.33. The molecule has 1 fully saturated rings. The number of aromatic nitrogens is 2. The number of furan rings is 1. The molecule has 0 aromatic carbocycles. The Labute approximate surface area is 129 Å². The van der Waals surface area contributed by atoms with Crippen LogP contribution >= 0.6 is 0 Å². The number of amides is 3. The molecule has 114 valence electrons. The molecule has 4 heterocycles. The third kappa shape index (κ3) is 2.46. The van der Waals surface area contributed by atoms with Crippen LogP contribution in [-0.4, -0.2) is 21.9 Å². The lowest BCUT2D eigenvalue weighted by Crippen LogP contribution is -2.22. The number of urea groups is 1. The second-order valence-electron chi connectivity index (χ2n) is 4.99.